The molecule has 3 aromatic heterocycles. The molecule has 6 nitrogen and oxygen atoms in total. The van der Waals surface area contributed by atoms with Gasteiger partial charge in [0.2, 0.25) is 11.8 Å². The molecule has 0 saturated heterocycles. The number of rotatable bonds is 7. The Morgan fingerprint density at radius 1 is 1.06 bits per heavy atom. The average molecular weight is 466 g/mol. The summed E-state index contributed by atoms with van der Waals surface area (Å²) in [5.74, 6) is 2.23. The molecule has 1 atom stereocenters. The van der Waals surface area contributed by atoms with Crippen LogP contribution >= 0.6 is 23.1 Å². The van der Waals surface area contributed by atoms with Crippen molar-refractivity contribution in [1.29, 1.82) is 0 Å². The van der Waals surface area contributed by atoms with Crippen molar-refractivity contribution in [2.75, 3.05) is 0 Å². The fourth-order valence-corrected chi connectivity index (χ4v) is 5.87. The van der Waals surface area contributed by atoms with E-state index in [0.717, 1.165) is 23.0 Å². The van der Waals surface area contributed by atoms with Gasteiger partial charge in [-0.3, -0.25) is 0 Å². The Balaban J connectivity index is 1.38. The molecule has 3 heterocycles. The minimum absolute atomic E-state index is 0.0113. The molecule has 0 spiro atoms. The second kappa shape index (κ2) is 9.58. The molecule has 0 aliphatic heterocycles. The van der Waals surface area contributed by atoms with Crippen LogP contribution in [0.15, 0.2) is 51.4 Å². The van der Waals surface area contributed by atoms with E-state index in [1.807, 2.05) is 12.1 Å². The van der Waals surface area contributed by atoms with Crippen LogP contribution in [0.4, 0.5) is 0 Å². The Hall–Kier alpha value is -2.45. The van der Waals surface area contributed by atoms with Gasteiger partial charge in [0.05, 0.1) is 5.25 Å². The van der Waals surface area contributed by atoms with Crippen molar-refractivity contribution in [3.05, 3.63) is 63.9 Å². The Morgan fingerprint density at radius 3 is 2.62 bits per heavy atom. The summed E-state index contributed by atoms with van der Waals surface area (Å²) in [4.78, 5) is 1.32. The van der Waals surface area contributed by atoms with Crippen LogP contribution < -0.4 is 0 Å². The third-order valence-corrected chi connectivity index (χ3v) is 7.88. The number of aromatic nitrogens is 5. The molecule has 8 heteroatoms. The Morgan fingerprint density at radius 2 is 1.88 bits per heavy atom. The zero-order valence-corrected chi connectivity index (χ0v) is 20.0. The molecule has 0 unspecified atom stereocenters. The third-order valence-electron chi connectivity index (χ3n) is 5.96. The van der Waals surface area contributed by atoms with Crippen LogP contribution in [0.1, 0.15) is 72.5 Å². The predicted molar refractivity (Wildman–Crippen MR) is 128 cm³/mol. The van der Waals surface area contributed by atoms with Crippen LogP contribution in [0.5, 0.6) is 0 Å². The maximum atomic E-state index is 6.02. The van der Waals surface area contributed by atoms with Crippen molar-refractivity contribution in [2.24, 2.45) is 0 Å². The summed E-state index contributed by atoms with van der Waals surface area (Å²) in [6.07, 6.45) is 7.07. The molecular weight excluding hydrogens is 438 g/mol. The highest BCUT2D eigenvalue weighted by molar-refractivity contribution is 7.99. The van der Waals surface area contributed by atoms with Crippen LogP contribution in [0, 0.1) is 6.92 Å². The number of benzene rings is 1. The van der Waals surface area contributed by atoms with E-state index < -0.39 is 0 Å². The number of aryl methyl sites for hydroxylation is 1. The zero-order chi connectivity index (χ0) is 21.9. The van der Waals surface area contributed by atoms with Gasteiger partial charge in [0.25, 0.3) is 0 Å². The molecule has 0 amide bonds. The third kappa shape index (κ3) is 4.66. The van der Waals surface area contributed by atoms with Crippen LogP contribution in [-0.4, -0.2) is 25.0 Å². The molecule has 1 aromatic carbocycles. The van der Waals surface area contributed by atoms with Gasteiger partial charge >= 0.3 is 0 Å². The second-order valence-corrected chi connectivity index (χ2v) is 10.7. The maximum absolute atomic E-state index is 6.02. The highest BCUT2D eigenvalue weighted by Crippen LogP contribution is 2.39. The molecular formula is C24H27N5OS2. The van der Waals surface area contributed by atoms with Gasteiger partial charge in [-0.15, -0.1) is 31.7 Å². The molecule has 32 heavy (non-hydrogen) atoms. The normalized spacial score (nSPS) is 15.8. The van der Waals surface area contributed by atoms with Crippen LogP contribution in [-0.2, 0) is 6.42 Å². The van der Waals surface area contributed by atoms with Crippen LogP contribution in [0.2, 0.25) is 0 Å². The lowest BCUT2D eigenvalue weighted by molar-refractivity contribution is 0.330. The molecule has 0 bridgehead atoms. The summed E-state index contributed by atoms with van der Waals surface area (Å²) >= 11 is 3.43. The minimum atomic E-state index is -0.0113. The van der Waals surface area contributed by atoms with E-state index in [1.165, 1.54) is 42.5 Å². The van der Waals surface area contributed by atoms with Crippen molar-refractivity contribution in [2.45, 2.75) is 68.8 Å². The summed E-state index contributed by atoms with van der Waals surface area (Å²) in [7, 11) is 0. The standard InChI is InChI=1S/C24H27N5OS2/c1-16-10-12-18(13-11-16)23-27-26-22(30-23)17(2)32-24-28-25-21(15-20-9-6-14-31-20)29(24)19-7-4-3-5-8-19/h6,9-14,17,19H,3-5,7-8,15H2,1-2H3/t17-/m1/s1. The van der Waals surface area contributed by atoms with E-state index in [4.69, 9.17) is 4.42 Å². The summed E-state index contributed by atoms with van der Waals surface area (Å²) in [5.41, 5.74) is 2.15. The number of hydrogen-bond donors (Lipinski definition) is 0. The minimum Gasteiger partial charge on any atom is -0.419 e. The van der Waals surface area contributed by atoms with Crippen LogP contribution in [0.25, 0.3) is 11.5 Å². The number of nitrogens with zero attached hydrogens (tertiary/aromatic N) is 5. The molecule has 1 fully saturated rings. The van der Waals surface area contributed by atoms with Crippen molar-refractivity contribution in [1.82, 2.24) is 25.0 Å². The molecule has 0 radical (unpaired) electrons. The molecule has 1 saturated carbocycles. The fourth-order valence-electron chi connectivity index (χ4n) is 4.20. The van der Waals surface area contributed by atoms with Gasteiger partial charge in [-0.05, 0) is 50.3 Å². The summed E-state index contributed by atoms with van der Waals surface area (Å²) in [6, 6.07) is 12.9. The van der Waals surface area contributed by atoms with Crippen molar-refractivity contribution >= 4 is 23.1 Å². The first-order valence-electron chi connectivity index (χ1n) is 11.2. The lowest BCUT2D eigenvalue weighted by Crippen LogP contribution is -2.17. The molecule has 1 aliphatic rings. The second-order valence-electron chi connectivity index (χ2n) is 8.39. The van der Waals surface area contributed by atoms with E-state index in [-0.39, 0.29) is 5.25 Å². The number of hydrogen-bond acceptors (Lipinski definition) is 7. The lowest BCUT2D eigenvalue weighted by atomic mass is 9.95. The summed E-state index contributed by atoms with van der Waals surface area (Å²) in [5, 5.41) is 20.9. The van der Waals surface area contributed by atoms with E-state index in [2.05, 4.69) is 68.5 Å². The van der Waals surface area contributed by atoms with Gasteiger partial charge < -0.3 is 8.98 Å². The zero-order valence-electron chi connectivity index (χ0n) is 18.4. The highest BCUT2D eigenvalue weighted by Gasteiger charge is 2.26. The SMILES string of the molecule is Cc1ccc(-c2nnc([C@@H](C)Sc3nnc(Cc4cccs4)n3C3CCCCC3)o2)cc1. The molecule has 0 N–H and O–H groups in total. The van der Waals surface area contributed by atoms with Crippen molar-refractivity contribution in [3.63, 3.8) is 0 Å². The number of thiophene rings is 1. The molecule has 166 valence electrons. The summed E-state index contributed by atoms with van der Waals surface area (Å²) < 4.78 is 8.41. The van der Waals surface area contributed by atoms with Crippen LogP contribution in [0.3, 0.4) is 0 Å². The van der Waals surface area contributed by atoms with Gasteiger partial charge in [0.1, 0.15) is 5.82 Å². The van der Waals surface area contributed by atoms with Gasteiger partial charge in [-0.2, -0.15) is 0 Å². The smallest absolute Gasteiger partial charge is 0.247 e. The Kier molecular flexibility index (Phi) is 6.41. The topological polar surface area (TPSA) is 69.6 Å². The molecule has 5 rings (SSSR count). The Bertz CT molecular complexity index is 1140. The van der Waals surface area contributed by atoms with Gasteiger partial charge in [0.15, 0.2) is 5.16 Å². The first-order valence-corrected chi connectivity index (χ1v) is 13.0. The molecule has 1 aliphatic carbocycles. The Labute approximate surface area is 196 Å². The quantitative estimate of drug-likeness (QED) is 0.285. The lowest BCUT2D eigenvalue weighted by Gasteiger charge is -2.26. The average Bonchev–Trinajstić information content (AvgIpc) is 3.57. The van der Waals surface area contributed by atoms with Gasteiger partial charge in [-0.25, -0.2) is 0 Å². The van der Waals surface area contributed by atoms with Crippen molar-refractivity contribution in [3.8, 4) is 11.5 Å². The number of thioether (sulfide) groups is 1. The fraction of sp³-hybridized carbons (Fsp3) is 0.417. The first-order chi connectivity index (χ1) is 15.7. The maximum Gasteiger partial charge on any atom is 0.247 e. The van der Waals surface area contributed by atoms with E-state index in [0.29, 0.717) is 17.8 Å². The predicted octanol–water partition coefficient (Wildman–Crippen LogP) is 6.65. The van der Waals surface area contributed by atoms with E-state index in [1.54, 1.807) is 23.1 Å². The van der Waals surface area contributed by atoms with Gasteiger partial charge in [0, 0.05) is 22.9 Å². The first kappa shape index (κ1) is 21.4. The van der Waals surface area contributed by atoms with E-state index in [9.17, 15) is 0 Å². The summed E-state index contributed by atoms with van der Waals surface area (Å²) in [6.45, 7) is 4.16. The monoisotopic (exact) mass is 465 g/mol. The largest absolute Gasteiger partial charge is 0.419 e. The molecule has 4 aromatic rings. The highest BCUT2D eigenvalue weighted by atomic mass is 32.2. The van der Waals surface area contributed by atoms with E-state index >= 15 is 0 Å². The van der Waals surface area contributed by atoms with Gasteiger partial charge in [-0.1, -0.05) is 54.8 Å². The van der Waals surface area contributed by atoms with Crippen molar-refractivity contribution < 1.29 is 4.42 Å².